The van der Waals surface area contributed by atoms with Gasteiger partial charge < -0.3 is 10.1 Å². The van der Waals surface area contributed by atoms with E-state index < -0.39 is 0 Å². The molecule has 0 saturated heterocycles. The average molecular weight is 277 g/mol. The minimum absolute atomic E-state index is 0.0955. The van der Waals surface area contributed by atoms with Crippen molar-refractivity contribution in [2.24, 2.45) is 5.41 Å². The van der Waals surface area contributed by atoms with Crippen LogP contribution in [0.1, 0.15) is 64.6 Å². The highest BCUT2D eigenvalue weighted by Gasteiger charge is 2.32. The molecule has 20 heavy (non-hydrogen) atoms. The molecule has 114 valence electrons. The maximum atomic E-state index is 5.80. The number of ether oxygens (including phenoxy) is 1. The molecule has 0 radical (unpaired) electrons. The second-order valence-corrected chi connectivity index (χ2v) is 6.88. The molecule has 0 aliphatic heterocycles. The van der Waals surface area contributed by atoms with E-state index in [0.29, 0.717) is 5.92 Å². The third-order valence-electron chi connectivity index (χ3n) is 3.80. The fourth-order valence-corrected chi connectivity index (χ4v) is 2.70. The third-order valence-corrected chi connectivity index (χ3v) is 3.80. The third kappa shape index (κ3) is 4.32. The second kappa shape index (κ2) is 7.24. The van der Waals surface area contributed by atoms with Gasteiger partial charge in [0.25, 0.3) is 0 Å². The van der Waals surface area contributed by atoms with Crippen molar-refractivity contribution in [3.8, 4) is 0 Å². The number of benzene rings is 1. The molecule has 1 N–H and O–H groups in total. The summed E-state index contributed by atoms with van der Waals surface area (Å²) in [5, 5.41) is 3.58. The van der Waals surface area contributed by atoms with E-state index in [1.165, 1.54) is 11.1 Å². The molecule has 0 bridgehead atoms. The van der Waals surface area contributed by atoms with Crippen LogP contribution in [0, 0.1) is 5.41 Å². The van der Waals surface area contributed by atoms with Gasteiger partial charge in [0.15, 0.2) is 0 Å². The van der Waals surface area contributed by atoms with Crippen molar-refractivity contribution in [3.05, 3.63) is 35.4 Å². The fourth-order valence-electron chi connectivity index (χ4n) is 2.70. The minimum atomic E-state index is 0.0955. The van der Waals surface area contributed by atoms with Gasteiger partial charge in [0.05, 0.1) is 12.1 Å². The topological polar surface area (TPSA) is 21.3 Å². The van der Waals surface area contributed by atoms with Gasteiger partial charge in [-0.25, -0.2) is 0 Å². The molecule has 0 heterocycles. The van der Waals surface area contributed by atoms with Crippen molar-refractivity contribution < 1.29 is 4.74 Å². The van der Waals surface area contributed by atoms with Gasteiger partial charge in [-0.3, -0.25) is 0 Å². The Kier molecular flexibility index (Phi) is 6.22. The Labute approximate surface area is 124 Å². The predicted molar refractivity (Wildman–Crippen MR) is 87.2 cm³/mol. The van der Waals surface area contributed by atoms with Gasteiger partial charge in [-0.1, -0.05) is 65.8 Å². The van der Waals surface area contributed by atoms with Crippen LogP contribution < -0.4 is 5.32 Å². The molecule has 0 aromatic heterocycles. The van der Waals surface area contributed by atoms with E-state index in [9.17, 15) is 0 Å². The van der Waals surface area contributed by atoms with E-state index in [2.05, 4.69) is 71.1 Å². The Morgan fingerprint density at radius 1 is 1.05 bits per heavy atom. The molecule has 0 amide bonds. The lowest BCUT2D eigenvalue weighted by Gasteiger charge is -2.36. The van der Waals surface area contributed by atoms with E-state index in [1.54, 1.807) is 0 Å². The smallest absolute Gasteiger partial charge is 0.0814 e. The normalized spacial score (nSPS) is 15.4. The van der Waals surface area contributed by atoms with Crippen molar-refractivity contribution in [1.29, 1.82) is 0 Å². The van der Waals surface area contributed by atoms with Gasteiger partial charge in [-0.05, 0) is 29.0 Å². The molecule has 1 aromatic rings. The van der Waals surface area contributed by atoms with Crippen molar-refractivity contribution in [2.45, 2.75) is 59.6 Å². The van der Waals surface area contributed by atoms with Crippen molar-refractivity contribution in [3.63, 3.8) is 0 Å². The lowest BCUT2D eigenvalue weighted by molar-refractivity contribution is -0.0116. The summed E-state index contributed by atoms with van der Waals surface area (Å²) in [7, 11) is 1.81. The Bertz CT molecular complexity index is 389. The van der Waals surface area contributed by atoms with Crippen LogP contribution in [0.3, 0.4) is 0 Å². The first-order chi connectivity index (χ1) is 9.31. The van der Waals surface area contributed by atoms with Crippen molar-refractivity contribution >= 4 is 0 Å². The minimum Gasteiger partial charge on any atom is -0.379 e. The second-order valence-electron chi connectivity index (χ2n) is 6.88. The van der Waals surface area contributed by atoms with Crippen molar-refractivity contribution in [2.75, 3.05) is 13.7 Å². The summed E-state index contributed by atoms with van der Waals surface area (Å²) < 4.78 is 5.80. The van der Waals surface area contributed by atoms with E-state index in [0.717, 1.165) is 6.54 Å². The molecule has 0 aliphatic carbocycles. The first-order valence-electron chi connectivity index (χ1n) is 7.67. The Morgan fingerprint density at radius 3 is 1.90 bits per heavy atom. The summed E-state index contributed by atoms with van der Waals surface area (Å²) in [6.45, 7) is 14.2. The van der Waals surface area contributed by atoms with Gasteiger partial charge in [0, 0.05) is 7.11 Å². The zero-order chi connectivity index (χ0) is 15.3. The monoisotopic (exact) mass is 277 g/mol. The van der Waals surface area contributed by atoms with Gasteiger partial charge in [0.1, 0.15) is 0 Å². The number of hydrogen-bond donors (Lipinski definition) is 1. The summed E-state index contributed by atoms with van der Waals surface area (Å²) >= 11 is 0. The van der Waals surface area contributed by atoms with E-state index >= 15 is 0 Å². The Hall–Kier alpha value is -0.860. The molecule has 0 saturated carbocycles. The van der Waals surface area contributed by atoms with Crippen molar-refractivity contribution in [1.82, 2.24) is 5.32 Å². The molecule has 1 rings (SSSR count). The van der Waals surface area contributed by atoms with Gasteiger partial charge >= 0.3 is 0 Å². The summed E-state index contributed by atoms with van der Waals surface area (Å²) in [5.74, 6) is 0.572. The van der Waals surface area contributed by atoms with Crippen LogP contribution in [-0.4, -0.2) is 19.8 Å². The molecule has 2 nitrogen and oxygen atoms in total. The van der Waals surface area contributed by atoms with Gasteiger partial charge in [-0.2, -0.15) is 0 Å². The fraction of sp³-hybridized carbons (Fsp3) is 0.667. The average Bonchev–Trinajstić information content (AvgIpc) is 2.37. The van der Waals surface area contributed by atoms with Crippen LogP contribution in [0.15, 0.2) is 24.3 Å². The first kappa shape index (κ1) is 17.2. The molecule has 1 aromatic carbocycles. The van der Waals surface area contributed by atoms with Crippen LogP contribution in [-0.2, 0) is 4.74 Å². The Balaban J connectivity index is 3.06. The number of nitrogens with one attached hydrogen (secondary N) is 1. The number of likely N-dealkylation sites (N-methyl/N-ethyl adjacent to an activating group) is 1. The quantitative estimate of drug-likeness (QED) is 0.825. The molecule has 0 aliphatic rings. The highest BCUT2D eigenvalue weighted by atomic mass is 16.5. The largest absolute Gasteiger partial charge is 0.379 e. The number of rotatable bonds is 6. The van der Waals surface area contributed by atoms with E-state index in [4.69, 9.17) is 4.74 Å². The lowest BCUT2D eigenvalue weighted by Crippen LogP contribution is -2.41. The van der Waals surface area contributed by atoms with Crippen LogP contribution in [0.4, 0.5) is 0 Å². The standard InChI is InChI=1S/C18H31NO/c1-8-19-16(17(20-7)18(4,5)6)15-11-9-14(10-12-15)13(2)3/h9-13,16-17,19H,8H2,1-7H3. The molecule has 2 heteroatoms. The van der Waals surface area contributed by atoms with E-state index in [-0.39, 0.29) is 17.6 Å². The van der Waals surface area contributed by atoms with Crippen LogP contribution >= 0.6 is 0 Å². The van der Waals surface area contributed by atoms with E-state index in [1.807, 2.05) is 7.11 Å². The maximum absolute atomic E-state index is 5.80. The predicted octanol–water partition coefficient (Wildman–Crippen LogP) is 4.52. The molecular weight excluding hydrogens is 246 g/mol. The van der Waals surface area contributed by atoms with Crippen LogP contribution in [0.25, 0.3) is 0 Å². The molecule has 0 fully saturated rings. The summed E-state index contributed by atoms with van der Waals surface area (Å²) in [5.41, 5.74) is 2.78. The summed E-state index contributed by atoms with van der Waals surface area (Å²) in [6, 6.07) is 9.17. The summed E-state index contributed by atoms with van der Waals surface area (Å²) in [6.07, 6.45) is 0.146. The molecular formula is C18H31NO. The number of methoxy groups -OCH3 is 1. The maximum Gasteiger partial charge on any atom is 0.0814 e. The number of hydrogen-bond acceptors (Lipinski definition) is 2. The van der Waals surface area contributed by atoms with Crippen LogP contribution in [0.5, 0.6) is 0 Å². The SMILES string of the molecule is CCNC(c1ccc(C(C)C)cc1)C(OC)C(C)(C)C. The summed E-state index contributed by atoms with van der Waals surface area (Å²) in [4.78, 5) is 0. The van der Waals surface area contributed by atoms with Gasteiger partial charge in [0.2, 0.25) is 0 Å². The highest BCUT2D eigenvalue weighted by Crippen LogP contribution is 2.33. The first-order valence-corrected chi connectivity index (χ1v) is 7.67. The zero-order valence-corrected chi connectivity index (χ0v) is 14.2. The molecule has 2 unspecified atom stereocenters. The molecule has 2 atom stereocenters. The lowest BCUT2D eigenvalue weighted by atomic mass is 9.81. The highest BCUT2D eigenvalue weighted by molar-refractivity contribution is 5.28. The van der Waals surface area contributed by atoms with Gasteiger partial charge in [-0.15, -0.1) is 0 Å². The van der Waals surface area contributed by atoms with Crippen LogP contribution in [0.2, 0.25) is 0 Å². The zero-order valence-electron chi connectivity index (χ0n) is 14.2. The molecule has 0 spiro atoms. The Morgan fingerprint density at radius 2 is 1.55 bits per heavy atom.